The molecule has 2 N–H and O–H groups in total. The van der Waals surface area contributed by atoms with E-state index >= 15 is 0 Å². The minimum absolute atomic E-state index is 0.118. The fraction of sp³-hybridized carbons (Fsp3) is 0.429. The van der Waals surface area contributed by atoms with E-state index in [1.165, 1.54) is 12.5 Å². The van der Waals surface area contributed by atoms with Crippen molar-refractivity contribution in [1.29, 1.82) is 0 Å². The Morgan fingerprint density at radius 1 is 1.58 bits per heavy atom. The van der Waals surface area contributed by atoms with E-state index in [2.05, 4.69) is 15.4 Å². The van der Waals surface area contributed by atoms with E-state index in [0.29, 0.717) is 5.82 Å². The molecule has 0 spiro atoms. The van der Waals surface area contributed by atoms with E-state index in [1.807, 2.05) is 5.01 Å². The number of aromatic nitrogens is 2. The van der Waals surface area contributed by atoms with E-state index in [0.717, 1.165) is 19.5 Å². The van der Waals surface area contributed by atoms with Crippen molar-refractivity contribution in [2.75, 3.05) is 18.1 Å². The Hall–Kier alpha value is -1.36. The van der Waals surface area contributed by atoms with Crippen LogP contribution in [0, 0.1) is 0 Å². The molecule has 1 aromatic rings. The third kappa shape index (κ3) is 1.18. The van der Waals surface area contributed by atoms with Crippen LogP contribution in [0.3, 0.4) is 0 Å². The van der Waals surface area contributed by atoms with Crippen molar-refractivity contribution in [1.82, 2.24) is 15.4 Å². The SMILES string of the molecule is Oc1cncnc1N1CCCN1. The molecule has 2 heterocycles. The molecular weight excluding hydrogens is 156 g/mol. The standard InChI is InChI=1S/C7H10N4O/c12-6-4-8-5-9-7(6)11-3-1-2-10-11/h4-5,10,12H,1-3H2. The van der Waals surface area contributed by atoms with Crippen LogP contribution in [0.25, 0.3) is 0 Å². The lowest BCUT2D eigenvalue weighted by Crippen LogP contribution is -2.31. The van der Waals surface area contributed by atoms with Crippen LogP contribution in [0.2, 0.25) is 0 Å². The van der Waals surface area contributed by atoms with E-state index < -0.39 is 0 Å². The van der Waals surface area contributed by atoms with Gasteiger partial charge in [0, 0.05) is 13.1 Å². The molecule has 64 valence electrons. The molecule has 0 unspecified atom stereocenters. The van der Waals surface area contributed by atoms with Gasteiger partial charge in [0.1, 0.15) is 6.33 Å². The average molecular weight is 166 g/mol. The molecule has 12 heavy (non-hydrogen) atoms. The zero-order chi connectivity index (χ0) is 8.39. The van der Waals surface area contributed by atoms with Gasteiger partial charge in [-0.2, -0.15) is 0 Å². The highest BCUT2D eigenvalue weighted by Crippen LogP contribution is 2.22. The molecule has 1 aliphatic heterocycles. The predicted octanol–water partition coefficient (Wildman–Crippen LogP) is -0.103. The zero-order valence-electron chi connectivity index (χ0n) is 6.56. The Bertz CT molecular complexity index is 272. The molecule has 1 saturated heterocycles. The van der Waals surface area contributed by atoms with Gasteiger partial charge in [-0.05, 0) is 6.42 Å². The smallest absolute Gasteiger partial charge is 0.188 e. The van der Waals surface area contributed by atoms with Gasteiger partial charge in [-0.15, -0.1) is 0 Å². The summed E-state index contributed by atoms with van der Waals surface area (Å²) in [5.41, 5.74) is 3.10. The van der Waals surface area contributed by atoms with Crippen molar-refractivity contribution in [3.63, 3.8) is 0 Å². The van der Waals surface area contributed by atoms with E-state index in [4.69, 9.17) is 0 Å². The highest BCUT2D eigenvalue weighted by Gasteiger charge is 2.15. The number of hydrogen-bond acceptors (Lipinski definition) is 5. The van der Waals surface area contributed by atoms with E-state index in [1.54, 1.807) is 0 Å². The largest absolute Gasteiger partial charge is 0.503 e. The summed E-state index contributed by atoms with van der Waals surface area (Å²) >= 11 is 0. The van der Waals surface area contributed by atoms with Crippen LogP contribution in [0.4, 0.5) is 5.82 Å². The molecule has 0 atom stereocenters. The number of aromatic hydroxyl groups is 1. The van der Waals surface area contributed by atoms with Crippen LogP contribution in [0.15, 0.2) is 12.5 Å². The zero-order valence-corrected chi connectivity index (χ0v) is 6.56. The summed E-state index contributed by atoms with van der Waals surface area (Å²) in [7, 11) is 0. The number of nitrogens with one attached hydrogen (secondary N) is 1. The Morgan fingerprint density at radius 2 is 2.50 bits per heavy atom. The van der Waals surface area contributed by atoms with Crippen LogP contribution in [0.5, 0.6) is 5.75 Å². The molecule has 0 saturated carbocycles. The summed E-state index contributed by atoms with van der Waals surface area (Å²) in [6.45, 7) is 1.81. The Labute approximate surface area is 70.0 Å². The maximum absolute atomic E-state index is 9.36. The van der Waals surface area contributed by atoms with Gasteiger partial charge in [-0.1, -0.05) is 0 Å². The second-order valence-corrected chi connectivity index (χ2v) is 2.64. The third-order valence-corrected chi connectivity index (χ3v) is 1.79. The first-order valence-corrected chi connectivity index (χ1v) is 3.88. The fourth-order valence-corrected chi connectivity index (χ4v) is 1.23. The first-order chi connectivity index (χ1) is 5.88. The van der Waals surface area contributed by atoms with Gasteiger partial charge in [-0.3, -0.25) is 5.01 Å². The molecule has 0 bridgehead atoms. The van der Waals surface area contributed by atoms with Crippen LogP contribution in [-0.4, -0.2) is 28.2 Å². The summed E-state index contributed by atoms with van der Waals surface area (Å²) in [4.78, 5) is 7.66. The molecule has 1 aromatic heterocycles. The third-order valence-electron chi connectivity index (χ3n) is 1.79. The van der Waals surface area contributed by atoms with Crippen LogP contribution in [-0.2, 0) is 0 Å². The van der Waals surface area contributed by atoms with Gasteiger partial charge in [0.15, 0.2) is 11.6 Å². The van der Waals surface area contributed by atoms with Crippen molar-refractivity contribution in [2.45, 2.75) is 6.42 Å². The lowest BCUT2D eigenvalue weighted by atomic mass is 10.4. The Morgan fingerprint density at radius 3 is 3.17 bits per heavy atom. The molecule has 5 heteroatoms. The number of hydrogen-bond donors (Lipinski definition) is 2. The molecule has 1 aliphatic rings. The number of hydrazine groups is 1. The van der Waals surface area contributed by atoms with Crippen LogP contribution >= 0.6 is 0 Å². The highest BCUT2D eigenvalue weighted by molar-refractivity contribution is 5.48. The first-order valence-electron chi connectivity index (χ1n) is 3.88. The molecule has 0 aliphatic carbocycles. The lowest BCUT2D eigenvalue weighted by Gasteiger charge is -2.16. The minimum atomic E-state index is 0.118. The van der Waals surface area contributed by atoms with Gasteiger partial charge >= 0.3 is 0 Å². The minimum Gasteiger partial charge on any atom is -0.503 e. The van der Waals surface area contributed by atoms with Crippen molar-refractivity contribution in [3.05, 3.63) is 12.5 Å². The fourth-order valence-electron chi connectivity index (χ4n) is 1.23. The second kappa shape index (κ2) is 2.94. The normalized spacial score (nSPS) is 16.8. The summed E-state index contributed by atoms with van der Waals surface area (Å²) in [6.07, 6.45) is 3.89. The van der Waals surface area contributed by atoms with Crippen LogP contribution < -0.4 is 10.4 Å². The van der Waals surface area contributed by atoms with Crippen molar-refractivity contribution < 1.29 is 5.11 Å². The molecule has 0 amide bonds. The molecule has 0 aromatic carbocycles. The average Bonchev–Trinajstić information content (AvgIpc) is 2.57. The predicted molar refractivity (Wildman–Crippen MR) is 43.7 cm³/mol. The van der Waals surface area contributed by atoms with Crippen LogP contribution in [0.1, 0.15) is 6.42 Å². The maximum atomic E-state index is 9.36. The number of anilines is 1. The summed E-state index contributed by atoms with van der Waals surface area (Å²) in [5, 5.41) is 11.2. The topological polar surface area (TPSA) is 61.3 Å². The quantitative estimate of drug-likeness (QED) is 0.610. The Kier molecular flexibility index (Phi) is 1.79. The molecular formula is C7H10N4O. The summed E-state index contributed by atoms with van der Waals surface area (Å²) in [6, 6.07) is 0. The molecule has 1 fully saturated rings. The van der Waals surface area contributed by atoms with E-state index in [9.17, 15) is 5.11 Å². The summed E-state index contributed by atoms with van der Waals surface area (Å²) < 4.78 is 0. The monoisotopic (exact) mass is 166 g/mol. The van der Waals surface area contributed by atoms with Crippen molar-refractivity contribution in [2.24, 2.45) is 0 Å². The molecule has 0 radical (unpaired) electrons. The molecule has 2 rings (SSSR count). The molecule has 5 nitrogen and oxygen atoms in total. The van der Waals surface area contributed by atoms with Gasteiger partial charge in [0.25, 0.3) is 0 Å². The van der Waals surface area contributed by atoms with Gasteiger partial charge in [-0.25, -0.2) is 15.4 Å². The maximum Gasteiger partial charge on any atom is 0.188 e. The van der Waals surface area contributed by atoms with Gasteiger partial charge in [0.05, 0.1) is 6.20 Å². The van der Waals surface area contributed by atoms with Crippen molar-refractivity contribution >= 4 is 5.82 Å². The number of rotatable bonds is 1. The first kappa shape index (κ1) is 7.30. The van der Waals surface area contributed by atoms with Gasteiger partial charge < -0.3 is 5.11 Å². The lowest BCUT2D eigenvalue weighted by molar-refractivity contribution is 0.467. The van der Waals surface area contributed by atoms with Crippen molar-refractivity contribution in [3.8, 4) is 5.75 Å². The number of nitrogens with zero attached hydrogens (tertiary/aromatic N) is 3. The Balaban J connectivity index is 2.26. The summed E-state index contributed by atoms with van der Waals surface area (Å²) in [5.74, 6) is 0.675. The van der Waals surface area contributed by atoms with E-state index in [-0.39, 0.29) is 5.75 Å². The van der Waals surface area contributed by atoms with Gasteiger partial charge in [0.2, 0.25) is 0 Å². The second-order valence-electron chi connectivity index (χ2n) is 2.64. The highest BCUT2D eigenvalue weighted by atomic mass is 16.3.